The SMILES string of the molecule is Cc1nc2nc(N[C@@H](C)c3cncc(F)c3)nc(C(O)N3CC(NC(=O)NC(C)(C)C)C3)c2s1. The molecule has 1 aliphatic heterocycles. The van der Waals surface area contributed by atoms with E-state index in [1.165, 1.54) is 17.4 Å². The van der Waals surface area contributed by atoms with Crippen molar-refractivity contribution in [1.29, 1.82) is 0 Å². The average Bonchev–Trinajstić information content (AvgIpc) is 3.08. The molecule has 0 aromatic carbocycles. The molecule has 4 heterocycles. The number of anilines is 1. The first kappa shape index (κ1) is 24.2. The van der Waals surface area contributed by atoms with E-state index in [-0.39, 0.29) is 29.6 Å². The number of aliphatic hydroxyl groups is 1. The summed E-state index contributed by atoms with van der Waals surface area (Å²) in [5.74, 6) is -0.144. The largest absolute Gasteiger partial charge is 0.372 e. The number of aryl methyl sites for hydroxylation is 1. The Bertz CT molecular complexity index is 1190. The van der Waals surface area contributed by atoms with Crippen LogP contribution in [0.15, 0.2) is 18.5 Å². The highest BCUT2D eigenvalue weighted by atomic mass is 32.1. The van der Waals surface area contributed by atoms with Gasteiger partial charge in [-0.25, -0.2) is 19.2 Å². The second-order valence-corrected chi connectivity index (χ2v) is 10.7. The van der Waals surface area contributed by atoms with Crippen molar-refractivity contribution in [1.82, 2.24) is 35.5 Å². The molecule has 0 spiro atoms. The molecule has 2 amide bonds. The lowest BCUT2D eigenvalue weighted by Crippen LogP contribution is -2.62. The molecule has 34 heavy (non-hydrogen) atoms. The molecule has 2 atom stereocenters. The quantitative estimate of drug-likeness (QED) is 0.417. The van der Waals surface area contributed by atoms with Crippen LogP contribution in [-0.2, 0) is 0 Å². The number of urea groups is 1. The van der Waals surface area contributed by atoms with Crippen LogP contribution < -0.4 is 16.0 Å². The Morgan fingerprint density at radius 3 is 2.68 bits per heavy atom. The van der Waals surface area contributed by atoms with E-state index in [0.29, 0.717) is 34.7 Å². The minimum atomic E-state index is -0.985. The van der Waals surface area contributed by atoms with Crippen molar-refractivity contribution in [2.45, 2.75) is 58.5 Å². The van der Waals surface area contributed by atoms with Crippen molar-refractivity contribution < 1.29 is 14.3 Å². The Kier molecular flexibility index (Phi) is 6.65. The van der Waals surface area contributed by atoms with E-state index in [1.807, 2.05) is 39.5 Å². The summed E-state index contributed by atoms with van der Waals surface area (Å²) in [6.45, 7) is 10.4. The number of fused-ring (bicyclic) bond motifs is 1. The summed E-state index contributed by atoms with van der Waals surface area (Å²) >= 11 is 1.41. The van der Waals surface area contributed by atoms with Gasteiger partial charge in [-0.3, -0.25) is 9.88 Å². The van der Waals surface area contributed by atoms with E-state index in [1.54, 1.807) is 6.20 Å². The summed E-state index contributed by atoms with van der Waals surface area (Å²) in [5.41, 5.74) is 1.25. The molecule has 3 aromatic rings. The van der Waals surface area contributed by atoms with E-state index in [2.05, 4.69) is 35.9 Å². The minimum Gasteiger partial charge on any atom is -0.372 e. The second-order valence-electron chi connectivity index (χ2n) is 9.49. The van der Waals surface area contributed by atoms with Gasteiger partial charge in [-0.15, -0.1) is 11.3 Å². The number of nitrogens with zero attached hydrogens (tertiary/aromatic N) is 5. The highest BCUT2D eigenvalue weighted by molar-refractivity contribution is 7.18. The normalized spacial score (nSPS) is 16.7. The molecule has 4 rings (SSSR count). The summed E-state index contributed by atoms with van der Waals surface area (Å²) in [6, 6.07) is 0.774. The number of aliphatic hydroxyl groups excluding tert-OH is 1. The number of halogens is 1. The van der Waals surface area contributed by atoms with Gasteiger partial charge in [-0.2, -0.15) is 4.98 Å². The van der Waals surface area contributed by atoms with Crippen LogP contribution in [-0.4, -0.2) is 60.6 Å². The van der Waals surface area contributed by atoms with Gasteiger partial charge >= 0.3 is 6.03 Å². The van der Waals surface area contributed by atoms with Crippen LogP contribution in [0, 0.1) is 12.7 Å². The number of nitrogens with one attached hydrogen (secondary N) is 3. The number of thiazole rings is 1. The van der Waals surface area contributed by atoms with Crippen LogP contribution in [0.4, 0.5) is 15.1 Å². The van der Waals surface area contributed by atoms with Gasteiger partial charge in [-0.05, 0) is 46.2 Å². The van der Waals surface area contributed by atoms with Gasteiger partial charge in [0.25, 0.3) is 0 Å². The number of carbonyl (C=O) groups is 1. The summed E-state index contributed by atoms with van der Waals surface area (Å²) in [6.07, 6.45) is 1.74. The fourth-order valence-electron chi connectivity index (χ4n) is 3.67. The standard InChI is InChI=1S/C22H29FN8O2S/c1-11(13-6-14(23)8-24-7-13)25-20-28-16(17-18(29-20)26-12(2)34-17)19(32)31-9-15(10-31)27-21(33)30-22(3,4)5/h6-8,11,15,19,32H,9-10H2,1-5H3,(H,25,28,29)(H2,27,30,33)/t11-,19?/m0/s1. The second kappa shape index (κ2) is 9.35. The number of pyridine rings is 1. The molecule has 1 unspecified atom stereocenters. The van der Waals surface area contributed by atoms with Gasteiger partial charge in [0.2, 0.25) is 5.95 Å². The lowest BCUT2D eigenvalue weighted by molar-refractivity contribution is -0.0529. The van der Waals surface area contributed by atoms with Crippen molar-refractivity contribution in [2.75, 3.05) is 18.4 Å². The van der Waals surface area contributed by atoms with Crippen LogP contribution in [0.5, 0.6) is 0 Å². The Labute approximate surface area is 201 Å². The fourth-order valence-corrected chi connectivity index (χ4v) is 4.53. The maximum absolute atomic E-state index is 13.6. The first-order chi connectivity index (χ1) is 16.0. The maximum atomic E-state index is 13.6. The molecule has 10 nitrogen and oxygen atoms in total. The summed E-state index contributed by atoms with van der Waals surface area (Å²) < 4.78 is 14.3. The molecular formula is C22H29FN8O2S. The number of aromatic nitrogens is 4. The number of carbonyl (C=O) groups excluding carboxylic acids is 1. The van der Waals surface area contributed by atoms with Gasteiger partial charge in [0.05, 0.1) is 28.0 Å². The third-order valence-corrected chi connectivity index (χ3v) is 6.27. The van der Waals surface area contributed by atoms with Crippen LogP contribution in [0.2, 0.25) is 0 Å². The molecule has 182 valence electrons. The summed E-state index contributed by atoms with van der Waals surface area (Å²) in [4.78, 5) is 31.3. The number of rotatable bonds is 6. The zero-order valence-electron chi connectivity index (χ0n) is 19.8. The van der Waals surface area contributed by atoms with E-state index < -0.39 is 12.0 Å². The first-order valence-corrected chi connectivity index (χ1v) is 11.8. The molecule has 1 fully saturated rings. The number of amides is 2. The molecule has 4 N–H and O–H groups in total. The van der Waals surface area contributed by atoms with Crippen LogP contribution in [0.1, 0.15) is 56.2 Å². The molecular weight excluding hydrogens is 459 g/mol. The minimum absolute atomic E-state index is 0.0735. The molecule has 0 saturated carbocycles. The Morgan fingerprint density at radius 1 is 1.26 bits per heavy atom. The zero-order valence-corrected chi connectivity index (χ0v) is 20.6. The van der Waals surface area contributed by atoms with Crippen molar-refractivity contribution in [2.24, 2.45) is 0 Å². The Hall–Kier alpha value is -2.96. The van der Waals surface area contributed by atoms with Gasteiger partial charge in [-0.1, -0.05) is 0 Å². The predicted octanol–water partition coefficient (Wildman–Crippen LogP) is 2.87. The Morgan fingerprint density at radius 2 is 2.00 bits per heavy atom. The first-order valence-electron chi connectivity index (χ1n) is 11.0. The van der Waals surface area contributed by atoms with Gasteiger partial charge in [0, 0.05) is 24.8 Å². The lowest BCUT2D eigenvalue weighted by atomic mass is 10.1. The van der Waals surface area contributed by atoms with Gasteiger partial charge in [0.15, 0.2) is 11.9 Å². The molecule has 0 aliphatic carbocycles. The monoisotopic (exact) mass is 488 g/mol. The molecule has 1 saturated heterocycles. The van der Waals surface area contributed by atoms with E-state index >= 15 is 0 Å². The number of likely N-dealkylation sites (tertiary alicyclic amines) is 1. The molecule has 3 aromatic heterocycles. The number of hydrogen-bond donors (Lipinski definition) is 4. The lowest BCUT2D eigenvalue weighted by Gasteiger charge is -2.42. The molecule has 1 aliphatic rings. The van der Waals surface area contributed by atoms with Crippen molar-refractivity contribution in [3.8, 4) is 0 Å². The molecule has 0 radical (unpaired) electrons. The van der Waals surface area contributed by atoms with Crippen LogP contribution >= 0.6 is 11.3 Å². The maximum Gasteiger partial charge on any atom is 0.315 e. The molecule has 0 bridgehead atoms. The third-order valence-electron chi connectivity index (χ3n) is 5.28. The highest BCUT2D eigenvalue weighted by Gasteiger charge is 2.35. The van der Waals surface area contributed by atoms with Crippen LogP contribution in [0.3, 0.4) is 0 Å². The fraction of sp³-hybridized carbons (Fsp3) is 0.500. The van der Waals surface area contributed by atoms with Gasteiger partial charge < -0.3 is 21.1 Å². The topological polar surface area (TPSA) is 128 Å². The average molecular weight is 489 g/mol. The molecule has 12 heteroatoms. The Balaban J connectivity index is 1.49. The predicted molar refractivity (Wildman–Crippen MR) is 128 cm³/mol. The zero-order chi connectivity index (χ0) is 24.6. The van der Waals surface area contributed by atoms with E-state index in [4.69, 9.17) is 0 Å². The van der Waals surface area contributed by atoms with Crippen LogP contribution in [0.25, 0.3) is 10.3 Å². The highest BCUT2D eigenvalue weighted by Crippen LogP contribution is 2.32. The van der Waals surface area contributed by atoms with Gasteiger partial charge in [0.1, 0.15) is 11.5 Å². The van der Waals surface area contributed by atoms with Crippen molar-refractivity contribution in [3.63, 3.8) is 0 Å². The van der Waals surface area contributed by atoms with Crippen molar-refractivity contribution in [3.05, 3.63) is 40.5 Å². The van der Waals surface area contributed by atoms with E-state index in [0.717, 1.165) is 11.2 Å². The summed E-state index contributed by atoms with van der Waals surface area (Å²) in [7, 11) is 0. The third kappa shape index (κ3) is 5.57. The smallest absolute Gasteiger partial charge is 0.315 e. The summed E-state index contributed by atoms with van der Waals surface area (Å²) in [5, 5.41) is 20.8. The van der Waals surface area contributed by atoms with E-state index in [9.17, 15) is 14.3 Å². The number of hydrogen-bond acceptors (Lipinski definition) is 9. The van der Waals surface area contributed by atoms with Crippen molar-refractivity contribution >= 4 is 33.7 Å².